The summed E-state index contributed by atoms with van der Waals surface area (Å²) in [5, 5.41) is 10.4. The van der Waals surface area contributed by atoms with Crippen molar-refractivity contribution in [2.45, 2.75) is 19.9 Å². The lowest BCUT2D eigenvalue weighted by molar-refractivity contribution is -0.139. The molecule has 3 aromatic rings. The number of allylic oxidation sites excluding steroid dienone is 1. The molecule has 11 heteroatoms. The molecule has 38 heavy (non-hydrogen) atoms. The first-order chi connectivity index (χ1) is 18.4. The van der Waals surface area contributed by atoms with Crippen molar-refractivity contribution < 1.29 is 23.5 Å². The monoisotopic (exact) mass is 644 g/mol. The molecule has 0 bridgehead atoms. The van der Waals surface area contributed by atoms with Gasteiger partial charge in [-0.2, -0.15) is 5.10 Å². The first kappa shape index (κ1) is 27.3. The zero-order valence-electron chi connectivity index (χ0n) is 20.6. The summed E-state index contributed by atoms with van der Waals surface area (Å²) in [5.74, 6) is 0.670. The van der Waals surface area contributed by atoms with E-state index in [1.54, 1.807) is 38.1 Å². The zero-order valence-corrected chi connectivity index (χ0v) is 23.6. The average molecular weight is 644 g/mol. The number of esters is 1. The van der Waals surface area contributed by atoms with Crippen LogP contribution in [0.1, 0.15) is 31.2 Å². The minimum absolute atomic E-state index is 0.233. The Morgan fingerprint density at radius 1 is 1.16 bits per heavy atom. The minimum Gasteiger partial charge on any atom is -0.483 e. The number of benzene rings is 2. The fraction of sp³-hybridized carbons (Fsp3) is 0.185. The Kier molecular flexibility index (Phi) is 9.13. The lowest BCUT2D eigenvalue weighted by Gasteiger charge is -2.30. The van der Waals surface area contributed by atoms with Crippen molar-refractivity contribution in [2.75, 3.05) is 13.2 Å². The predicted octanol–water partition coefficient (Wildman–Crippen LogP) is 4.44. The average Bonchev–Trinajstić information content (AvgIpc) is 3.36. The molecule has 1 aromatic heterocycles. The highest BCUT2D eigenvalue weighted by molar-refractivity contribution is 14.1. The maximum atomic E-state index is 12.7. The summed E-state index contributed by atoms with van der Waals surface area (Å²) in [6.45, 7) is 3.43. The van der Waals surface area contributed by atoms with Crippen LogP contribution in [0.2, 0.25) is 0 Å². The lowest BCUT2D eigenvalue weighted by Crippen LogP contribution is -2.45. The molecule has 1 atom stereocenters. The number of hydrogen-bond acceptors (Lipinski definition) is 7. The molecule has 0 spiro atoms. The number of ether oxygens (including phenoxy) is 2. The van der Waals surface area contributed by atoms with Crippen LogP contribution in [0.4, 0.5) is 0 Å². The molecule has 0 saturated carbocycles. The van der Waals surface area contributed by atoms with E-state index in [2.05, 4.69) is 43.8 Å². The number of hydrogen-bond donors (Lipinski definition) is 3. The van der Waals surface area contributed by atoms with Gasteiger partial charge in [-0.15, -0.1) is 0 Å². The van der Waals surface area contributed by atoms with Crippen LogP contribution in [0.25, 0.3) is 11.3 Å². The summed E-state index contributed by atoms with van der Waals surface area (Å²) in [6.07, 6.45) is 1.42. The third kappa shape index (κ3) is 6.78. The maximum Gasteiger partial charge on any atom is 0.338 e. The molecular formula is C27H25IN4O5S. The van der Waals surface area contributed by atoms with E-state index in [0.717, 1.165) is 9.13 Å². The summed E-state index contributed by atoms with van der Waals surface area (Å²) in [5.41, 5.74) is 4.98. The van der Waals surface area contributed by atoms with Crippen LogP contribution in [0, 0.1) is 3.57 Å². The van der Waals surface area contributed by atoms with Gasteiger partial charge in [0.2, 0.25) is 0 Å². The molecular weight excluding hydrogens is 619 g/mol. The topological polar surface area (TPSA) is 114 Å². The molecule has 4 rings (SSSR count). The zero-order chi connectivity index (χ0) is 27.1. The van der Waals surface area contributed by atoms with Crippen LogP contribution < -0.4 is 20.8 Å². The Balaban J connectivity index is 1.40. The van der Waals surface area contributed by atoms with Gasteiger partial charge < -0.3 is 24.5 Å². The van der Waals surface area contributed by atoms with Crippen LogP contribution in [0.3, 0.4) is 0 Å². The number of carbonyl (C=O) groups excluding carboxylic acids is 2. The van der Waals surface area contributed by atoms with Gasteiger partial charge in [0.05, 0.1) is 24.4 Å². The number of hydrazone groups is 1. The number of amides is 1. The Labute approximate surface area is 238 Å². The van der Waals surface area contributed by atoms with E-state index >= 15 is 0 Å². The molecule has 1 aliphatic rings. The SMILES string of the molecule is CCOC(=O)C1=C(C)NC(=S)N[C@H]1c1ccccc1OCC(=O)NN=Cc1ccc(-c2ccc(I)cc2)o1. The molecule has 9 nitrogen and oxygen atoms in total. The number of nitrogens with zero attached hydrogens (tertiary/aromatic N) is 1. The van der Waals surface area contributed by atoms with E-state index in [1.807, 2.05) is 36.4 Å². The number of furan rings is 1. The molecule has 0 unspecified atom stereocenters. The van der Waals surface area contributed by atoms with Crippen molar-refractivity contribution in [3.8, 4) is 17.1 Å². The first-order valence-electron chi connectivity index (χ1n) is 11.7. The van der Waals surface area contributed by atoms with Gasteiger partial charge in [0.1, 0.15) is 17.3 Å². The number of carbonyl (C=O) groups is 2. The van der Waals surface area contributed by atoms with Crippen LogP contribution >= 0.6 is 34.8 Å². The van der Waals surface area contributed by atoms with E-state index in [1.165, 1.54) is 6.21 Å². The highest BCUT2D eigenvalue weighted by atomic mass is 127. The van der Waals surface area contributed by atoms with Crippen molar-refractivity contribution in [2.24, 2.45) is 5.10 Å². The van der Waals surface area contributed by atoms with Crippen LogP contribution in [-0.2, 0) is 14.3 Å². The predicted molar refractivity (Wildman–Crippen MR) is 155 cm³/mol. The summed E-state index contributed by atoms with van der Waals surface area (Å²) < 4.78 is 17.9. The van der Waals surface area contributed by atoms with E-state index in [9.17, 15) is 9.59 Å². The van der Waals surface area contributed by atoms with E-state index in [0.29, 0.717) is 39.2 Å². The molecule has 0 saturated heterocycles. The van der Waals surface area contributed by atoms with Gasteiger partial charge >= 0.3 is 5.97 Å². The maximum absolute atomic E-state index is 12.7. The summed E-state index contributed by atoms with van der Waals surface area (Å²) in [7, 11) is 0. The Morgan fingerprint density at radius 2 is 1.92 bits per heavy atom. The molecule has 0 fully saturated rings. The van der Waals surface area contributed by atoms with Crippen molar-refractivity contribution in [3.05, 3.63) is 86.8 Å². The van der Waals surface area contributed by atoms with Crippen molar-refractivity contribution in [3.63, 3.8) is 0 Å². The molecule has 2 aromatic carbocycles. The largest absolute Gasteiger partial charge is 0.483 e. The third-order valence-electron chi connectivity index (χ3n) is 5.49. The van der Waals surface area contributed by atoms with Crippen LogP contribution in [-0.4, -0.2) is 36.4 Å². The third-order valence-corrected chi connectivity index (χ3v) is 6.43. The number of nitrogens with one attached hydrogen (secondary N) is 3. The number of rotatable bonds is 9. The summed E-state index contributed by atoms with van der Waals surface area (Å²) in [4.78, 5) is 25.1. The number of thiocarbonyl (C=S) groups is 1. The lowest BCUT2D eigenvalue weighted by atomic mass is 9.95. The van der Waals surface area contributed by atoms with Crippen molar-refractivity contribution >= 4 is 58.0 Å². The Bertz CT molecular complexity index is 1400. The van der Waals surface area contributed by atoms with Gasteiger partial charge in [-0.05, 0) is 79.0 Å². The van der Waals surface area contributed by atoms with Gasteiger partial charge in [0.15, 0.2) is 11.7 Å². The van der Waals surface area contributed by atoms with E-state index in [-0.39, 0.29) is 13.2 Å². The van der Waals surface area contributed by atoms with Crippen molar-refractivity contribution in [1.29, 1.82) is 0 Å². The van der Waals surface area contributed by atoms with E-state index < -0.39 is 17.9 Å². The minimum atomic E-state index is -0.610. The second kappa shape index (κ2) is 12.7. The molecule has 1 aliphatic heterocycles. The Morgan fingerprint density at radius 3 is 2.68 bits per heavy atom. The highest BCUT2D eigenvalue weighted by Gasteiger charge is 2.32. The first-order valence-corrected chi connectivity index (χ1v) is 13.2. The standard InChI is InChI=1S/C27H25IN4O5S/c1-3-35-26(34)24-16(2)30-27(38)31-25(24)20-6-4-5-7-22(20)36-15-23(33)32-29-14-19-12-13-21(37-19)17-8-10-18(28)11-9-17/h4-14,25H,3,15H2,1-2H3,(H,32,33)(H2,30,31,38)/t25-/m0/s1. The fourth-order valence-corrected chi connectivity index (χ4v) is 4.42. The van der Waals surface area contributed by atoms with Crippen molar-refractivity contribution in [1.82, 2.24) is 16.1 Å². The van der Waals surface area contributed by atoms with E-state index in [4.69, 9.17) is 26.1 Å². The fourth-order valence-electron chi connectivity index (χ4n) is 3.79. The van der Waals surface area contributed by atoms with Gasteiger partial charge in [-0.25, -0.2) is 10.2 Å². The molecule has 0 radical (unpaired) electrons. The normalized spacial score (nSPS) is 15.1. The molecule has 196 valence electrons. The molecule has 3 N–H and O–H groups in total. The van der Waals surface area contributed by atoms with Gasteiger partial charge in [-0.3, -0.25) is 4.79 Å². The second-order valence-electron chi connectivity index (χ2n) is 8.12. The van der Waals surface area contributed by atoms with Crippen LogP contribution in [0.15, 0.2) is 81.5 Å². The van der Waals surface area contributed by atoms with Gasteiger partial charge in [0.25, 0.3) is 5.91 Å². The molecule has 1 amide bonds. The second-order valence-corrected chi connectivity index (χ2v) is 9.77. The summed E-state index contributed by atoms with van der Waals surface area (Å²) >= 11 is 7.54. The molecule has 0 aliphatic carbocycles. The Hall–Kier alpha value is -3.71. The van der Waals surface area contributed by atoms with Gasteiger partial charge in [-0.1, -0.05) is 30.3 Å². The van der Waals surface area contributed by atoms with Gasteiger partial charge in [0, 0.05) is 20.4 Å². The van der Waals surface area contributed by atoms with Crippen LogP contribution in [0.5, 0.6) is 5.75 Å². The summed E-state index contributed by atoms with van der Waals surface area (Å²) in [6, 6.07) is 18.0. The quantitative estimate of drug-likeness (QED) is 0.103. The molecule has 2 heterocycles. The number of para-hydroxylation sites is 1. The smallest absolute Gasteiger partial charge is 0.338 e. The highest BCUT2D eigenvalue weighted by Crippen LogP contribution is 2.33. The number of halogens is 1.